The molecule has 1 aromatic carbocycles. The number of hydrogen-bond acceptors (Lipinski definition) is 5. The maximum Gasteiger partial charge on any atom is 0.116 e. The summed E-state index contributed by atoms with van der Waals surface area (Å²) in [6.45, 7) is 0. The first-order valence-electron chi connectivity index (χ1n) is 6.40. The van der Waals surface area contributed by atoms with Gasteiger partial charge in [-0.05, 0) is 0 Å². The number of alkyl halides is 2. The van der Waals surface area contributed by atoms with E-state index in [1.54, 1.807) is 0 Å². The largest absolute Gasteiger partial charge is 0.173 e. The van der Waals surface area contributed by atoms with Gasteiger partial charge < -0.3 is 0 Å². The molecular formula is C14H10Br2N2S3. The fourth-order valence-electron chi connectivity index (χ4n) is 2.59. The average Bonchev–Trinajstić information content (AvgIpc) is 3.18. The molecule has 0 amide bonds. The quantitative estimate of drug-likeness (QED) is 0.442. The highest BCUT2D eigenvalue weighted by Gasteiger charge is 2.36. The van der Waals surface area contributed by atoms with E-state index in [1.165, 1.54) is 22.9 Å². The molecule has 2 aliphatic heterocycles. The molecule has 2 nitrogen and oxygen atoms in total. The van der Waals surface area contributed by atoms with E-state index in [9.17, 15) is 0 Å². The predicted molar refractivity (Wildman–Crippen MR) is 102 cm³/mol. The highest BCUT2D eigenvalue weighted by atomic mass is 79.9. The highest BCUT2D eigenvalue weighted by molar-refractivity contribution is 9.11. The first-order valence-corrected chi connectivity index (χ1v) is 10.7. The second kappa shape index (κ2) is 5.37. The molecule has 0 spiro atoms. The molecule has 2 aliphatic rings. The number of halogens is 2. The molecule has 0 fully saturated rings. The fourth-order valence-corrected chi connectivity index (χ4v) is 6.86. The average molecular weight is 462 g/mol. The van der Waals surface area contributed by atoms with Crippen LogP contribution in [0.15, 0.2) is 36.4 Å². The molecule has 0 bridgehead atoms. The van der Waals surface area contributed by atoms with Crippen LogP contribution in [0.1, 0.15) is 11.1 Å². The number of nitrogens with zero attached hydrogens (tertiary/aromatic N) is 2. The van der Waals surface area contributed by atoms with E-state index in [1.807, 2.05) is 23.5 Å². The summed E-state index contributed by atoms with van der Waals surface area (Å²) >= 11 is 12.7. The Hall–Kier alpha value is 0.180. The summed E-state index contributed by atoms with van der Waals surface area (Å²) in [7, 11) is 0. The first-order chi connectivity index (χ1) is 10.1. The van der Waals surface area contributed by atoms with Crippen molar-refractivity contribution in [3.63, 3.8) is 0 Å². The van der Waals surface area contributed by atoms with Gasteiger partial charge in [0, 0.05) is 22.6 Å². The van der Waals surface area contributed by atoms with E-state index in [4.69, 9.17) is 0 Å². The van der Waals surface area contributed by atoms with Gasteiger partial charge in [-0.15, -0.1) is 23.5 Å². The Morgan fingerprint density at radius 1 is 0.857 bits per heavy atom. The molecule has 0 N–H and O–H groups in total. The summed E-state index contributed by atoms with van der Waals surface area (Å²) in [5.74, 6) is 2.04. The third-order valence-corrected chi connectivity index (χ3v) is 9.15. The molecule has 0 aliphatic carbocycles. The Balaban J connectivity index is 1.92. The minimum atomic E-state index is -0.169. The summed E-state index contributed by atoms with van der Waals surface area (Å²) in [5.41, 5.74) is 4.40. The topological polar surface area (TPSA) is 25.8 Å². The van der Waals surface area contributed by atoms with Crippen LogP contribution in [-0.4, -0.2) is 20.3 Å². The minimum Gasteiger partial charge on any atom is -0.173 e. The van der Waals surface area contributed by atoms with Crippen LogP contribution in [0.3, 0.4) is 0 Å². The lowest BCUT2D eigenvalue weighted by molar-refractivity contribution is 1.16. The number of benzene rings is 1. The van der Waals surface area contributed by atoms with Gasteiger partial charge in [0.1, 0.15) is 18.3 Å². The maximum atomic E-state index is 4.57. The Labute approximate surface area is 152 Å². The van der Waals surface area contributed by atoms with Crippen LogP contribution in [0.4, 0.5) is 0 Å². The van der Waals surface area contributed by atoms with Crippen LogP contribution in [0.2, 0.25) is 0 Å². The van der Waals surface area contributed by atoms with E-state index in [0.717, 1.165) is 22.5 Å². The van der Waals surface area contributed by atoms with Crippen molar-refractivity contribution in [2.75, 3.05) is 11.5 Å². The van der Waals surface area contributed by atoms with Crippen molar-refractivity contribution in [2.24, 2.45) is 0 Å². The van der Waals surface area contributed by atoms with Crippen molar-refractivity contribution in [1.82, 2.24) is 8.75 Å². The van der Waals surface area contributed by atoms with E-state index < -0.39 is 0 Å². The standard InChI is InChI=1S/C14H10Br2N2S3/c15-13(5-1-7-19-13)9-3-4-10(12-11(9)17-21-18-12)14(16)6-2-8-20-14/h1-6H,7-8H2. The number of rotatable bonds is 2. The summed E-state index contributed by atoms with van der Waals surface area (Å²) in [4.78, 5) is 0. The summed E-state index contributed by atoms with van der Waals surface area (Å²) in [6.07, 6.45) is 8.81. The maximum absolute atomic E-state index is 4.57. The molecule has 2 unspecified atom stereocenters. The van der Waals surface area contributed by atoms with Crippen molar-refractivity contribution in [3.8, 4) is 0 Å². The lowest BCUT2D eigenvalue weighted by Crippen LogP contribution is -2.12. The van der Waals surface area contributed by atoms with E-state index >= 15 is 0 Å². The van der Waals surface area contributed by atoms with Crippen molar-refractivity contribution in [2.45, 2.75) is 7.31 Å². The predicted octanol–water partition coefficient (Wildman–Crippen LogP) is 5.39. The SMILES string of the molecule is BrC1(c2ccc(C3(Br)C=CCS3)c3nsnc23)C=CCS1. The van der Waals surface area contributed by atoms with Crippen LogP contribution in [0.5, 0.6) is 0 Å². The van der Waals surface area contributed by atoms with Crippen LogP contribution in [0.25, 0.3) is 11.0 Å². The van der Waals surface area contributed by atoms with Crippen molar-refractivity contribution >= 4 is 78.1 Å². The molecule has 21 heavy (non-hydrogen) atoms. The molecule has 0 saturated heterocycles. The van der Waals surface area contributed by atoms with Gasteiger partial charge in [-0.1, -0.05) is 68.3 Å². The van der Waals surface area contributed by atoms with Crippen molar-refractivity contribution < 1.29 is 0 Å². The second-order valence-electron chi connectivity index (χ2n) is 4.84. The van der Waals surface area contributed by atoms with Gasteiger partial charge in [0.25, 0.3) is 0 Å². The van der Waals surface area contributed by atoms with E-state index in [2.05, 4.69) is 77.0 Å². The molecule has 108 valence electrons. The molecule has 7 heteroatoms. The van der Waals surface area contributed by atoms with Gasteiger partial charge >= 0.3 is 0 Å². The Morgan fingerprint density at radius 3 is 1.71 bits per heavy atom. The Morgan fingerprint density at radius 2 is 1.33 bits per heavy atom. The molecule has 1 aromatic heterocycles. The third-order valence-electron chi connectivity index (χ3n) is 3.59. The summed E-state index contributed by atoms with van der Waals surface area (Å²) < 4.78 is 8.80. The van der Waals surface area contributed by atoms with Crippen molar-refractivity contribution in [1.29, 1.82) is 0 Å². The monoisotopic (exact) mass is 460 g/mol. The molecule has 3 heterocycles. The van der Waals surface area contributed by atoms with Crippen LogP contribution in [0, 0.1) is 0 Å². The third kappa shape index (κ3) is 2.36. The van der Waals surface area contributed by atoms with Gasteiger partial charge in [0.2, 0.25) is 0 Å². The van der Waals surface area contributed by atoms with Crippen LogP contribution in [-0.2, 0) is 7.31 Å². The van der Waals surface area contributed by atoms with Gasteiger partial charge in [-0.25, -0.2) is 0 Å². The highest BCUT2D eigenvalue weighted by Crippen LogP contribution is 2.53. The zero-order valence-corrected chi connectivity index (χ0v) is 16.4. The first kappa shape index (κ1) is 14.8. The Bertz CT molecular complexity index is 711. The molecular weight excluding hydrogens is 452 g/mol. The summed E-state index contributed by atoms with van der Waals surface area (Å²) in [6, 6.07) is 4.37. The van der Waals surface area contributed by atoms with Gasteiger partial charge in [-0.2, -0.15) is 8.75 Å². The van der Waals surface area contributed by atoms with E-state index in [-0.39, 0.29) is 7.31 Å². The molecule has 0 saturated carbocycles. The van der Waals surface area contributed by atoms with Crippen LogP contribution >= 0.6 is 67.1 Å². The minimum absolute atomic E-state index is 0.169. The fraction of sp³-hybridized carbons (Fsp3) is 0.286. The number of fused-ring (bicyclic) bond motifs is 1. The number of thioether (sulfide) groups is 2. The molecule has 2 aromatic rings. The zero-order valence-electron chi connectivity index (χ0n) is 10.8. The lowest BCUT2D eigenvalue weighted by atomic mass is 10.0. The molecule has 0 radical (unpaired) electrons. The smallest absolute Gasteiger partial charge is 0.116 e. The zero-order chi connectivity index (χ0) is 14.5. The summed E-state index contributed by atoms with van der Waals surface area (Å²) in [5, 5.41) is 0. The molecule has 4 rings (SSSR count). The van der Waals surface area contributed by atoms with Gasteiger partial charge in [0.15, 0.2) is 0 Å². The lowest BCUT2D eigenvalue weighted by Gasteiger charge is -2.23. The number of hydrogen-bond donors (Lipinski definition) is 0. The van der Waals surface area contributed by atoms with Gasteiger partial charge in [-0.3, -0.25) is 0 Å². The van der Waals surface area contributed by atoms with Crippen molar-refractivity contribution in [3.05, 3.63) is 47.6 Å². The van der Waals surface area contributed by atoms with Gasteiger partial charge in [0.05, 0.1) is 11.7 Å². The van der Waals surface area contributed by atoms with Crippen LogP contribution < -0.4 is 0 Å². The second-order valence-corrected chi connectivity index (χ2v) is 11.5. The van der Waals surface area contributed by atoms with E-state index in [0.29, 0.717) is 0 Å². The Kier molecular flexibility index (Phi) is 3.77. The number of aromatic nitrogens is 2. The normalized spacial score (nSPS) is 31.5. The molecule has 2 atom stereocenters.